The monoisotopic (exact) mass is 393 g/mol. The molecule has 29 heavy (non-hydrogen) atoms. The molecule has 7 heteroatoms. The van der Waals surface area contributed by atoms with E-state index < -0.39 is 0 Å². The molecule has 1 aliphatic heterocycles. The van der Waals surface area contributed by atoms with Gasteiger partial charge in [-0.15, -0.1) is 0 Å². The van der Waals surface area contributed by atoms with Gasteiger partial charge < -0.3 is 19.9 Å². The summed E-state index contributed by atoms with van der Waals surface area (Å²) in [6.07, 6.45) is 5.28. The minimum absolute atomic E-state index is 0.0469. The van der Waals surface area contributed by atoms with E-state index >= 15 is 0 Å². The maximum atomic E-state index is 7.72. The normalized spacial score (nSPS) is 16.4. The SMILES string of the molecule is CCCCCOc1ccc2cc(-c3noc([C@@H]4CCCN4C(=N)N)n3)ccc2c1. The van der Waals surface area contributed by atoms with Crippen molar-refractivity contribution in [3.05, 3.63) is 42.3 Å². The molecule has 0 amide bonds. The molecule has 1 aliphatic rings. The van der Waals surface area contributed by atoms with E-state index in [2.05, 4.69) is 41.3 Å². The lowest BCUT2D eigenvalue weighted by Crippen LogP contribution is -2.35. The number of nitrogens with zero attached hydrogens (tertiary/aromatic N) is 3. The Kier molecular flexibility index (Phi) is 5.64. The number of likely N-dealkylation sites (tertiary alicyclic amines) is 1. The number of hydrogen-bond donors (Lipinski definition) is 2. The summed E-state index contributed by atoms with van der Waals surface area (Å²) in [5.41, 5.74) is 6.57. The molecule has 0 bridgehead atoms. The Morgan fingerprint density at radius 2 is 2.07 bits per heavy atom. The van der Waals surface area contributed by atoms with Crippen LogP contribution in [0.4, 0.5) is 0 Å². The first-order valence-electron chi connectivity index (χ1n) is 10.3. The van der Waals surface area contributed by atoms with E-state index in [-0.39, 0.29) is 12.0 Å². The number of fused-ring (bicyclic) bond motifs is 1. The molecule has 7 nitrogen and oxygen atoms in total. The van der Waals surface area contributed by atoms with E-state index in [0.717, 1.165) is 54.5 Å². The van der Waals surface area contributed by atoms with Gasteiger partial charge in [-0.05, 0) is 48.2 Å². The molecule has 2 aromatic carbocycles. The lowest BCUT2D eigenvalue weighted by molar-refractivity contribution is 0.283. The molecule has 0 radical (unpaired) electrons. The van der Waals surface area contributed by atoms with Crippen LogP contribution in [0.25, 0.3) is 22.2 Å². The number of guanidine groups is 1. The van der Waals surface area contributed by atoms with Gasteiger partial charge in [0.25, 0.3) is 0 Å². The molecule has 0 spiro atoms. The van der Waals surface area contributed by atoms with E-state index in [1.807, 2.05) is 12.1 Å². The predicted molar refractivity (Wildman–Crippen MR) is 113 cm³/mol. The minimum Gasteiger partial charge on any atom is -0.494 e. The Hall–Kier alpha value is -3.09. The quantitative estimate of drug-likeness (QED) is 0.348. The van der Waals surface area contributed by atoms with Gasteiger partial charge in [-0.1, -0.05) is 43.1 Å². The average molecular weight is 393 g/mol. The number of rotatable bonds is 7. The number of hydrogen-bond acceptors (Lipinski definition) is 5. The summed E-state index contributed by atoms with van der Waals surface area (Å²) in [6.45, 7) is 3.69. The smallest absolute Gasteiger partial charge is 0.249 e. The molecule has 4 rings (SSSR count). The van der Waals surface area contributed by atoms with Gasteiger partial charge in [-0.3, -0.25) is 5.41 Å². The first-order chi connectivity index (χ1) is 14.2. The van der Waals surface area contributed by atoms with Gasteiger partial charge in [0.15, 0.2) is 5.96 Å². The van der Waals surface area contributed by atoms with E-state index in [9.17, 15) is 0 Å². The van der Waals surface area contributed by atoms with Gasteiger partial charge in [0, 0.05) is 12.1 Å². The first kappa shape index (κ1) is 19.2. The molecule has 0 saturated carbocycles. The van der Waals surface area contributed by atoms with Crippen molar-refractivity contribution in [3.8, 4) is 17.1 Å². The Morgan fingerprint density at radius 1 is 1.24 bits per heavy atom. The summed E-state index contributed by atoms with van der Waals surface area (Å²) in [5.74, 6) is 2.01. The van der Waals surface area contributed by atoms with Crippen LogP contribution in [0.3, 0.4) is 0 Å². The van der Waals surface area contributed by atoms with Gasteiger partial charge in [-0.25, -0.2) is 0 Å². The molecular formula is C22H27N5O2. The number of benzene rings is 2. The Bertz CT molecular complexity index is 1000. The van der Waals surface area contributed by atoms with Crippen molar-refractivity contribution in [2.75, 3.05) is 13.2 Å². The summed E-state index contributed by atoms with van der Waals surface area (Å²) in [6, 6.07) is 12.1. The second-order valence-corrected chi connectivity index (χ2v) is 7.47. The van der Waals surface area contributed by atoms with E-state index in [1.54, 1.807) is 4.90 Å². The first-order valence-corrected chi connectivity index (χ1v) is 10.3. The van der Waals surface area contributed by atoms with Gasteiger partial charge in [0.2, 0.25) is 11.7 Å². The van der Waals surface area contributed by atoms with Crippen molar-refractivity contribution in [1.29, 1.82) is 5.41 Å². The zero-order chi connectivity index (χ0) is 20.2. The summed E-state index contributed by atoms with van der Waals surface area (Å²) < 4.78 is 11.4. The molecule has 1 saturated heterocycles. The lowest BCUT2D eigenvalue weighted by Gasteiger charge is -2.21. The van der Waals surface area contributed by atoms with Gasteiger partial charge in [-0.2, -0.15) is 4.98 Å². The third kappa shape index (κ3) is 4.18. The summed E-state index contributed by atoms with van der Waals surface area (Å²) in [5, 5.41) is 14.1. The van der Waals surface area contributed by atoms with Crippen LogP contribution in [-0.4, -0.2) is 34.2 Å². The second-order valence-electron chi connectivity index (χ2n) is 7.47. The van der Waals surface area contributed by atoms with Crippen LogP contribution in [0.15, 0.2) is 40.9 Å². The Labute approximate surface area is 170 Å². The molecule has 0 aliphatic carbocycles. The molecule has 152 valence electrons. The highest BCUT2D eigenvalue weighted by molar-refractivity contribution is 5.87. The van der Waals surface area contributed by atoms with E-state index in [0.29, 0.717) is 11.7 Å². The van der Waals surface area contributed by atoms with Crippen LogP contribution in [0.2, 0.25) is 0 Å². The lowest BCUT2D eigenvalue weighted by atomic mass is 10.1. The van der Waals surface area contributed by atoms with Crippen molar-refractivity contribution < 1.29 is 9.26 Å². The van der Waals surface area contributed by atoms with Gasteiger partial charge in [0.05, 0.1) is 6.61 Å². The molecule has 1 atom stereocenters. The maximum absolute atomic E-state index is 7.72. The molecule has 0 unspecified atom stereocenters. The zero-order valence-corrected chi connectivity index (χ0v) is 16.7. The van der Waals surface area contributed by atoms with E-state index in [4.69, 9.17) is 20.4 Å². The number of nitrogens with one attached hydrogen (secondary N) is 1. The van der Waals surface area contributed by atoms with Gasteiger partial charge >= 0.3 is 0 Å². The third-order valence-corrected chi connectivity index (χ3v) is 5.38. The van der Waals surface area contributed by atoms with Crippen molar-refractivity contribution in [2.24, 2.45) is 5.73 Å². The number of ether oxygens (including phenoxy) is 1. The summed E-state index contributed by atoms with van der Waals surface area (Å²) in [7, 11) is 0. The highest BCUT2D eigenvalue weighted by Crippen LogP contribution is 2.32. The summed E-state index contributed by atoms with van der Waals surface area (Å²) in [4.78, 5) is 6.39. The predicted octanol–water partition coefficient (Wildman–Crippen LogP) is 4.49. The summed E-state index contributed by atoms with van der Waals surface area (Å²) >= 11 is 0. The van der Waals surface area contributed by atoms with Crippen LogP contribution in [0.1, 0.15) is 51.0 Å². The van der Waals surface area contributed by atoms with Gasteiger partial charge in [0.1, 0.15) is 11.8 Å². The molecular weight excluding hydrogens is 366 g/mol. The molecule has 3 N–H and O–H groups in total. The molecule has 1 fully saturated rings. The van der Waals surface area contributed by atoms with E-state index in [1.165, 1.54) is 12.8 Å². The van der Waals surface area contributed by atoms with Crippen LogP contribution < -0.4 is 10.5 Å². The highest BCUT2D eigenvalue weighted by atomic mass is 16.5. The fourth-order valence-corrected chi connectivity index (χ4v) is 3.79. The highest BCUT2D eigenvalue weighted by Gasteiger charge is 2.31. The van der Waals surface area contributed by atoms with Crippen LogP contribution in [-0.2, 0) is 0 Å². The topological polar surface area (TPSA) is 101 Å². The molecule has 2 heterocycles. The van der Waals surface area contributed by atoms with Crippen LogP contribution in [0.5, 0.6) is 5.75 Å². The average Bonchev–Trinajstić information content (AvgIpc) is 3.40. The molecule has 1 aromatic heterocycles. The minimum atomic E-state index is -0.110. The third-order valence-electron chi connectivity index (χ3n) is 5.38. The van der Waals surface area contributed by atoms with Crippen molar-refractivity contribution in [3.63, 3.8) is 0 Å². The maximum Gasteiger partial charge on any atom is 0.249 e. The Balaban J connectivity index is 1.51. The zero-order valence-electron chi connectivity index (χ0n) is 16.7. The number of unbranched alkanes of at least 4 members (excludes halogenated alkanes) is 2. The second kappa shape index (κ2) is 8.51. The van der Waals surface area contributed by atoms with Crippen molar-refractivity contribution >= 4 is 16.7 Å². The molecule has 3 aromatic rings. The Morgan fingerprint density at radius 3 is 2.90 bits per heavy atom. The van der Waals surface area contributed by atoms with Crippen molar-refractivity contribution in [1.82, 2.24) is 15.0 Å². The number of nitrogens with two attached hydrogens (primary N) is 1. The number of aromatic nitrogens is 2. The standard InChI is InChI=1S/C22H27N5O2/c1-2-3-4-12-28-18-10-9-15-13-17(8-7-16(15)14-18)20-25-21(29-26-20)19-6-5-11-27(19)22(23)24/h7-10,13-14,19H,2-6,11-12H2,1H3,(H3,23,24)/t19-/m0/s1. The van der Waals surface area contributed by atoms with Crippen LogP contribution in [0, 0.1) is 5.41 Å². The van der Waals surface area contributed by atoms with Crippen LogP contribution >= 0.6 is 0 Å². The fourth-order valence-electron chi connectivity index (χ4n) is 3.79. The van der Waals surface area contributed by atoms with Crippen molar-refractivity contribution in [2.45, 2.75) is 45.1 Å². The largest absolute Gasteiger partial charge is 0.494 e. The fraction of sp³-hybridized carbons (Fsp3) is 0.409.